The monoisotopic (exact) mass is 603 g/mol. The standard InChI is InChI=1S/C31H47N5O5.C2H6.2H2/c1-21(2)18-24(33-29(38)23-12-7-8-14-27(23)41-20-28(32)37)30(39)36-15-9-13-25(36)31(40)35-17-16-34(3)26(19-35)22-10-5-4-6-11-22;1-2;;/h7-8,12,14,21-22,24-26H,4-6,9-11,13,15-20H2,1-3H3,(H2,32,37)(H,33,38);1-2H3;2*1H/t24-,25-,26-;;;/m1.../s1. The van der Waals surface area contributed by atoms with Crippen molar-refractivity contribution in [2.45, 2.75) is 97.2 Å². The minimum atomic E-state index is -0.789. The maximum absolute atomic E-state index is 13.9. The maximum Gasteiger partial charge on any atom is 0.255 e. The fraction of sp³-hybridized carbons (Fsp3) is 0.697. The Morgan fingerprint density at radius 3 is 2.37 bits per heavy atom. The van der Waals surface area contributed by atoms with E-state index in [4.69, 9.17) is 10.5 Å². The van der Waals surface area contributed by atoms with Crippen LogP contribution in [-0.4, -0.2) is 96.3 Å². The first kappa shape index (κ1) is 34.4. The van der Waals surface area contributed by atoms with Crippen molar-refractivity contribution in [2.75, 3.05) is 39.8 Å². The largest absolute Gasteiger partial charge is 0.483 e. The van der Waals surface area contributed by atoms with Crippen LogP contribution in [0.5, 0.6) is 5.75 Å². The van der Waals surface area contributed by atoms with Crippen molar-refractivity contribution in [2.24, 2.45) is 17.6 Å². The molecule has 3 aliphatic rings. The van der Waals surface area contributed by atoms with Crippen molar-refractivity contribution in [3.8, 4) is 5.75 Å². The van der Waals surface area contributed by atoms with Crippen molar-refractivity contribution in [1.82, 2.24) is 20.0 Å². The van der Waals surface area contributed by atoms with Crippen LogP contribution in [0.15, 0.2) is 24.3 Å². The normalized spacial score (nSPS) is 22.0. The van der Waals surface area contributed by atoms with Gasteiger partial charge in [0.05, 0.1) is 5.56 Å². The summed E-state index contributed by atoms with van der Waals surface area (Å²) >= 11 is 0. The molecule has 0 aromatic heterocycles. The van der Waals surface area contributed by atoms with Crippen LogP contribution in [-0.2, 0) is 14.4 Å². The van der Waals surface area contributed by atoms with Gasteiger partial charge in [-0.15, -0.1) is 0 Å². The number of primary amides is 1. The Morgan fingerprint density at radius 1 is 1.00 bits per heavy atom. The number of likely N-dealkylation sites (N-methyl/N-ethyl adjacent to an activating group) is 1. The quantitative estimate of drug-likeness (QED) is 0.418. The molecule has 2 heterocycles. The lowest BCUT2D eigenvalue weighted by Gasteiger charge is -2.45. The molecule has 244 valence electrons. The average Bonchev–Trinajstić information content (AvgIpc) is 3.50. The molecule has 10 nitrogen and oxygen atoms in total. The molecule has 0 bridgehead atoms. The van der Waals surface area contributed by atoms with Crippen molar-refractivity contribution in [3.63, 3.8) is 0 Å². The molecule has 3 atom stereocenters. The predicted octanol–water partition coefficient (Wildman–Crippen LogP) is 3.93. The first-order chi connectivity index (χ1) is 20.7. The van der Waals surface area contributed by atoms with Gasteiger partial charge in [0.1, 0.15) is 17.8 Å². The van der Waals surface area contributed by atoms with Crippen LogP contribution >= 0.6 is 0 Å². The number of nitrogens with two attached hydrogens (primary N) is 1. The lowest BCUT2D eigenvalue weighted by molar-refractivity contribution is -0.147. The second-order valence-corrected chi connectivity index (χ2v) is 12.3. The Labute approximate surface area is 260 Å². The van der Waals surface area contributed by atoms with Crippen molar-refractivity contribution < 1.29 is 26.8 Å². The maximum atomic E-state index is 13.9. The average molecular weight is 604 g/mol. The van der Waals surface area contributed by atoms with Crippen LogP contribution in [0.4, 0.5) is 0 Å². The van der Waals surface area contributed by atoms with E-state index in [1.807, 2.05) is 32.6 Å². The van der Waals surface area contributed by atoms with E-state index >= 15 is 0 Å². The van der Waals surface area contributed by atoms with Gasteiger partial charge in [0.15, 0.2) is 6.61 Å². The van der Waals surface area contributed by atoms with Crippen molar-refractivity contribution in [1.29, 1.82) is 0 Å². The molecule has 4 amide bonds. The number of para-hydroxylation sites is 1. The van der Waals surface area contributed by atoms with Gasteiger partial charge in [-0.2, -0.15) is 0 Å². The molecule has 4 rings (SSSR count). The number of piperazine rings is 1. The van der Waals surface area contributed by atoms with Gasteiger partial charge in [-0.25, -0.2) is 0 Å². The lowest BCUT2D eigenvalue weighted by atomic mass is 9.82. The molecule has 3 fully saturated rings. The summed E-state index contributed by atoms with van der Waals surface area (Å²) in [7, 11) is 2.17. The Balaban J connectivity index is 0.00000248. The molecule has 10 heteroatoms. The molecule has 1 saturated carbocycles. The number of ether oxygens (including phenoxy) is 1. The predicted molar refractivity (Wildman–Crippen MR) is 172 cm³/mol. The van der Waals surface area contributed by atoms with Crippen molar-refractivity contribution in [3.05, 3.63) is 29.8 Å². The molecule has 43 heavy (non-hydrogen) atoms. The SMILES string of the molecule is CC.CC(C)C[C@@H](NC(=O)c1ccccc1OCC(N)=O)C(=O)N1CCC[C@@H]1C(=O)N1CCN(C)[C@@H](C2CCCCC2)C1.[HH].[HH]. The Kier molecular flexibility index (Phi) is 13.3. The minimum Gasteiger partial charge on any atom is -0.483 e. The van der Waals surface area contributed by atoms with Crippen LogP contribution in [0.25, 0.3) is 0 Å². The van der Waals surface area contributed by atoms with E-state index in [1.54, 1.807) is 29.2 Å². The number of nitrogens with zero attached hydrogens (tertiary/aromatic N) is 3. The topological polar surface area (TPSA) is 125 Å². The van der Waals surface area contributed by atoms with Gasteiger partial charge in [0.25, 0.3) is 11.8 Å². The molecule has 3 N–H and O–H groups in total. The van der Waals surface area contributed by atoms with E-state index in [1.165, 1.54) is 32.1 Å². The number of likely N-dealkylation sites (tertiary alicyclic amines) is 1. The first-order valence-corrected chi connectivity index (χ1v) is 16.3. The summed E-state index contributed by atoms with van der Waals surface area (Å²) < 4.78 is 5.43. The smallest absolute Gasteiger partial charge is 0.255 e. The van der Waals surface area contributed by atoms with E-state index < -0.39 is 23.9 Å². The third-order valence-corrected chi connectivity index (χ3v) is 8.83. The first-order valence-electron chi connectivity index (χ1n) is 16.3. The molecule has 0 radical (unpaired) electrons. The van der Waals surface area contributed by atoms with E-state index in [0.29, 0.717) is 44.4 Å². The zero-order valence-corrected chi connectivity index (χ0v) is 26.8. The minimum absolute atomic E-state index is 0. The molecule has 0 spiro atoms. The van der Waals surface area contributed by atoms with E-state index in [9.17, 15) is 19.2 Å². The molecule has 2 saturated heterocycles. The van der Waals surface area contributed by atoms with Crippen LogP contribution in [0.2, 0.25) is 0 Å². The molecular weight excluding hydrogens is 546 g/mol. The molecule has 2 aliphatic heterocycles. The highest BCUT2D eigenvalue weighted by atomic mass is 16.5. The number of rotatable bonds is 10. The second-order valence-electron chi connectivity index (χ2n) is 12.3. The van der Waals surface area contributed by atoms with E-state index in [2.05, 4.69) is 17.3 Å². The number of benzene rings is 1. The molecule has 1 aromatic rings. The molecule has 1 aliphatic carbocycles. The van der Waals surface area contributed by atoms with Crippen molar-refractivity contribution >= 4 is 23.6 Å². The van der Waals surface area contributed by atoms with E-state index in [0.717, 1.165) is 13.0 Å². The molecular formula is C33H57N5O5. The zero-order chi connectivity index (χ0) is 31.5. The van der Waals surface area contributed by atoms with Gasteiger partial charge in [-0.1, -0.05) is 59.1 Å². The Hall–Kier alpha value is -3.14. The van der Waals surface area contributed by atoms with Gasteiger partial charge in [-0.3, -0.25) is 24.1 Å². The summed E-state index contributed by atoms with van der Waals surface area (Å²) in [6.45, 7) is 10.4. The summed E-state index contributed by atoms with van der Waals surface area (Å²) in [6.07, 6.45) is 8.10. The summed E-state index contributed by atoms with van der Waals surface area (Å²) in [5.74, 6) is -0.344. The van der Waals surface area contributed by atoms with Crippen LogP contribution in [0, 0.1) is 11.8 Å². The fourth-order valence-corrected chi connectivity index (χ4v) is 6.68. The summed E-state index contributed by atoms with van der Waals surface area (Å²) in [6, 6.07) is 5.63. The third-order valence-electron chi connectivity index (χ3n) is 8.83. The number of carbonyl (C=O) groups is 4. The highest BCUT2D eigenvalue weighted by molar-refractivity contribution is 6.00. The lowest BCUT2D eigenvalue weighted by Crippen LogP contribution is -2.60. The van der Waals surface area contributed by atoms with Gasteiger partial charge in [0.2, 0.25) is 11.8 Å². The fourth-order valence-electron chi connectivity index (χ4n) is 6.68. The summed E-state index contributed by atoms with van der Waals surface area (Å²) in [4.78, 5) is 58.5. The molecule has 1 aromatic carbocycles. The number of carbonyl (C=O) groups excluding carboxylic acids is 4. The zero-order valence-electron chi connectivity index (χ0n) is 26.8. The van der Waals surface area contributed by atoms with Gasteiger partial charge < -0.3 is 25.6 Å². The third kappa shape index (κ3) is 9.17. The number of amides is 4. The second kappa shape index (κ2) is 16.6. The van der Waals surface area contributed by atoms with Gasteiger partial charge in [-0.05, 0) is 63.1 Å². The highest BCUT2D eigenvalue weighted by Gasteiger charge is 2.42. The van der Waals surface area contributed by atoms with Crippen LogP contribution in [0.3, 0.4) is 0 Å². The van der Waals surface area contributed by atoms with Crippen LogP contribution < -0.4 is 15.8 Å². The van der Waals surface area contributed by atoms with E-state index in [-0.39, 0.29) is 38.5 Å². The summed E-state index contributed by atoms with van der Waals surface area (Å²) in [5.41, 5.74) is 5.43. The van der Waals surface area contributed by atoms with Gasteiger partial charge >= 0.3 is 0 Å². The Bertz CT molecular complexity index is 1100. The molecule has 0 unspecified atom stereocenters. The number of hydrogen-bond donors (Lipinski definition) is 2. The number of nitrogens with one attached hydrogen (secondary N) is 1. The Morgan fingerprint density at radius 2 is 1.70 bits per heavy atom. The van der Waals surface area contributed by atoms with Crippen LogP contribution in [0.1, 0.15) is 92.3 Å². The van der Waals surface area contributed by atoms with Gasteiger partial charge in [0, 0.05) is 35.1 Å². The summed E-state index contributed by atoms with van der Waals surface area (Å²) in [5, 5.41) is 2.91. The number of hydrogen-bond acceptors (Lipinski definition) is 6. The highest BCUT2D eigenvalue weighted by Crippen LogP contribution is 2.31.